The summed E-state index contributed by atoms with van der Waals surface area (Å²) < 4.78 is 16.9. The summed E-state index contributed by atoms with van der Waals surface area (Å²) in [5.41, 5.74) is 3.28. The van der Waals surface area contributed by atoms with Gasteiger partial charge in [-0.2, -0.15) is 0 Å². The zero-order chi connectivity index (χ0) is 25.1. The minimum Gasteiger partial charge on any atom is -0.497 e. The quantitative estimate of drug-likeness (QED) is 0.290. The van der Waals surface area contributed by atoms with Crippen molar-refractivity contribution in [1.29, 1.82) is 0 Å². The Bertz CT molecular complexity index is 1430. The van der Waals surface area contributed by atoms with Gasteiger partial charge in [0, 0.05) is 23.6 Å². The van der Waals surface area contributed by atoms with Crippen molar-refractivity contribution in [1.82, 2.24) is 9.97 Å². The number of benzene rings is 3. The van der Waals surface area contributed by atoms with Crippen molar-refractivity contribution in [2.75, 3.05) is 26.1 Å². The predicted molar refractivity (Wildman–Crippen MR) is 140 cm³/mol. The maximum Gasteiger partial charge on any atom is 0.167 e. The normalized spacial score (nSPS) is 14.8. The largest absolute Gasteiger partial charge is 0.497 e. The van der Waals surface area contributed by atoms with Gasteiger partial charge in [0.15, 0.2) is 17.6 Å². The van der Waals surface area contributed by atoms with Crippen LogP contribution in [0.5, 0.6) is 17.2 Å². The monoisotopic (exact) mass is 524 g/mol. The summed E-state index contributed by atoms with van der Waals surface area (Å²) in [7, 11) is 3.22. The summed E-state index contributed by atoms with van der Waals surface area (Å²) in [6.07, 6.45) is 1.88. The van der Waals surface area contributed by atoms with Crippen LogP contribution in [0.4, 0.5) is 11.5 Å². The molecule has 4 aromatic rings. The highest BCUT2D eigenvalue weighted by Gasteiger charge is 2.24. The van der Waals surface area contributed by atoms with Crippen LogP contribution >= 0.6 is 23.2 Å². The van der Waals surface area contributed by atoms with Crippen molar-refractivity contribution in [3.8, 4) is 17.2 Å². The van der Waals surface area contributed by atoms with Gasteiger partial charge in [-0.05, 0) is 54.1 Å². The van der Waals surface area contributed by atoms with E-state index in [1.165, 1.54) is 6.33 Å². The van der Waals surface area contributed by atoms with E-state index in [9.17, 15) is 0 Å². The van der Waals surface area contributed by atoms with E-state index in [4.69, 9.17) is 42.3 Å². The molecule has 8 nitrogen and oxygen atoms in total. The lowest BCUT2D eigenvalue weighted by molar-refractivity contribution is 0.0463. The molecular formula is C26H22Cl2N4O4. The lowest BCUT2D eigenvalue weighted by Crippen LogP contribution is -2.18. The average Bonchev–Trinajstić information content (AvgIpc) is 3.38. The Morgan fingerprint density at radius 1 is 0.944 bits per heavy atom. The number of hydrogen-bond donors (Lipinski definition) is 1. The van der Waals surface area contributed by atoms with Crippen LogP contribution in [0.2, 0.25) is 10.0 Å². The number of oxime groups is 1. The molecule has 2 heterocycles. The summed E-state index contributed by atoms with van der Waals surface area (Å²) in [6.45, 7) is 0.296. The maximum absolute atomic E-state index is 6.15. The summed E-state index contributed by atoms with van der Waals surface area (Å²) >= 11 is 12.2. The second kappa shape index (κ2) is 10.5. The molecule has 0 aliphatic carbocycles. The standard InChI is InChI=1S/C26H22Cl2N4O4/c1-33-17-6-3-15(4-7-17)22-10-18(36-32-22)13-35-25-12-23-19(11-24(25)34-2)26(30-14-29-23)31-16-5-8-20(27)21(28)9-16/h3-9,11-12,14,18H,10,13H2,1-2H3,(H,29,30,31). The van der Waals surface area contributed by atoms with Crippen LogP contribution in [-0.4, -0.2) is 42.6 Å². The van der Waals surface area contributed by atoms with E-state index in [2.05, 4.69) is 20.4 Å². The van der Waals surface area contributed by atoms with Crippen LogP contribution in [0.25, 0.3) is 10.9 Å². The SMILES string of the molecule is COc1ccc(C2=NOC(COc3cc4ncnc(Nc5ccc(Cl)c(Cl)c5)c4cc3OC)C2)cc1. The average molecular weight is 525 g/mol. The number of fused-ring (bicyclic) bond motifs is 1. The molecule has 10 heteroatoms. The van der Waals surface area contributed by atoms with Crippen LogP contribution in [0.15, 0.2) is 66.1 Å². The summed E-state index contributed by atoms with van der Waals surface area (Å²) in [5, 5.41) is 9.17. The first-order valence-corrected chi connectivity index (χ1v) is 11.8. The number of ether oxygens (including phenoxy) is 3. The van der Waals surface area contributed by atoms with Crippen LogP contribution in [0.3, 0.4) is 0 Å². The molecule has 0 spiro atoms. The van der Waals surface area contributed by atoms with Crippen LogP contribution < -0.4 is 19.5 Å². The molecule has 0 amide bonds. The Morgan fingerprint density at radius 3 is 2.53 bits per heavy atom. The van der Waals surface area contributed by atoms with Crippen molar-refractivity contribution in [3.63, 3.8) is 0 Å². The number of nitrogens with one attached hydrogen (secondary N) is 1. The van der Waals surface area contributed by atoms with Crippen LogP contribution in [-0.2, 0) is 4.84 Å². The van der Waals surface area contributed by atoms with Gasteiger partial charge in [0.1, 0.15) is 24.5 Å². The van der Waals surface area contributed by atoms with Gasteiger partial charge in [-0.25, -0.2) is 9.97 Å². The Kier molecular flexibility index (Phi) is 6.97. The fourth-order valence-corrected chi connectivity index (χ4v) is 4.10. The van der Waals surface area contributed by atoms with Gasteiger partial charge in [0.25, 0.3) is 0 Å². The molecule has 1 unspecified atom stereocenters. The molecule has 1 N–H and O–H groups in total. The van der Waals surface area contributed by atoms with Gasteiger partial charge >= 0.3 is 0 Å². The zero-order valence-corrected chi connectivity index (χ0v) is 21.0. The van der Waals surface area contributed by atoms with E-state index < -0.39 is 0 Å². The van der Waals surface area contributed by atoms with Gasteiger partial charge in [-0.1, -0.05) is 28.4 Å². The van der Waals surface area contributed by atoms with E-state index in [0.29, 0.717) is 45.9 Å². The van der Waals surface area contributed by atoms with Gasteiger partial charge < -0.3 is 24.4 Å². The number of rotatable bonds is 8. The van der Waals surface area contributed by atoms with E-state index in [1.54, 1.807) is 26.4 Å². The molecule has 3 aromatic carbocycles. The molecule has 0 fully saturated rings. The first-order valence-electron chi connectivity index (χ1n) is 11.1. The third-order valence-electron chi connectivity index (χ3n) is 5.68. The topological polar surface area (TPSA) is 87.1 Å². The number of nitrogens with zero attached hydrogens (tertiary/aromatic N) is 3. The van der Waals surface area contributed by atoms with E-state index in [0.717, 1.165) is 28.1 Å². The van der Waals surface area contributed by atoms with Crippen molar-refractivity contribution >= 4 is 51.3 Å². The summed E-state index contributed by atoms with van der Waals surface area (Å²) in [5.74, 6) is 2.48. The Balaban J connectivity index is 1.30. The molecule has 184 valence electrons. The molecule has 1 aromatic heterocycles. The molecule has 1 aliphatic rings. The lowest BCUT2D eigenvalue weighted by Gasteiger charge is -2.15. The third-order valence-corrected chi connectivity index (χ3v) is 6.42. The third kappa shape index (κ3) is 5.10. The summed E-state index contributed by atoms with van der Waals surface area (Å²) in [6, 6.07) is 16.6. The fourth-order valence-electron chi connectivity index (χ4n) is 3.80. The van der Waals surface area contributed by atoms with Crippen molar-refractivity contribution in [2.24, 2.45) is 5.16 Å². The summed E-state index contributed by atoms with van der Waals surface area (Å²) in [4.78, 5) is 14.4. The van der Waals surface area contributed by atoms with Gasteiger partial charge in [0.05, 0.1) is 35.5 Å². The van der Waals surface area contributed by atoms with Crippen molar-refractivity contribution < 1.29 is 19.0 Å². The zero-order valence-electron chi connectivity index (χ0n) is 19.5. The van der Waals surface area contributed by atoms with Crippen molar-refractivity contribution in [2.45, 2.75) is 12.5 Å². The predicted octanol–water partition coefficient (Wildman–Crippen LogP) is 6.27. The van der Waals surface area contributed by atoms with E-state index in [-0.39, 0.29) is 6.10 Å². The number of methoxy groups -OCH3 is 2. The molecule has 0 saturated heterocycles. The fraction of sp³-hybridized carbons (Fsp3) is 0.192. The first kappa shape index (κ1) is 24.0. The van der Waals surface area contributed by atoms with Gasteiger partial charge in [-0.15, -0.1) is 0 Å². The minimum absolute atomic E-state index is 0.222. The molecular weight excluding hydrogens is 503 g/mol. The minimum atomic E-state index is -0.222. The molecule has 1 aliphatic heterocycles. The Hall–Kier alpha value is -3.75. The van der Waals surface area contributed by atoms with E-state index >= 15 is 0 Å². The highest BCUT2D eigenvalue weighted by molar-refractivity contribution is 6.42. The highest BCUT2D eigenvalue weighted by atomic mass is 35.5. The molecule has 36 heavy (non-hydrogen) atoms. The van der Waals surface area contributed by atoms with Gasteiger partial charge in [0.2, 0.25) is 0 Å². The van der Waals surface area contributed by atoms with Crippen LogP contribution in [0, 0.1) is 0 Å². The molecule has 0 saturated carbocycles. The maximum atomic E-state index is 6.15. The molecule has 1 atom stereocenters. The Labute approximate surface area is 217 Å². The second-order valence-corrected chi connectivity index (χ2v) is 8.82. The highest BCUT2D eigenvalue weighted by Crippen LogP contribution is 2.36. The van der Waals surface area contributed by atoms with Gasteiger partial charge in [-0.3, -0.25) is 0 Å². The molecule has 0 bridgehead atoms. The number of anilines is 2. The number of halogens is 2. The smallest absolute Gasteiger partial charge is 0.167 e. The number of hydrogen-bond acceptors (Lipinski definition) is 8. The Morgan fingerprint density at radius 2 is 1.78 bits per heavy atom. The van der Waals surface area contributed by atoms with Crippen LogP contribution in [0.1, 0.15) is 12.0 Å². The van der Waals surface area contributed by atoms with E-state index in [1.807, 2.05) is 42.5 Å². The molecule has 0 radical (unpaired) electrons. The second-order valence-electron chi connectivity index (χ2n) is 8.01. The van der Waals surface area contributed by atoms with Crippen molar-refractivity contribution in [3.05, 3.63) is 76.5 Å². The lowest BCUT2D eigenvalue weighted by atomic mass is 10.1. The number of aromatic nitrogens is 2. The molecule has 5 rings (SSSR count). The first-order chi connectivity index (χ1) is 17.5.